The van der Waals surface area contributed by atoms with Crippen LogP contribution in [0.2, 0.25) is 0 Å². The van der Waals surface area contributed by atoms with Crippen LogP contribution in [0.3, 0.4) is 0 Å². The monoisotopic (exact) mass is 337 g/mol. The molecule has 0 bridgehead atoms. The molecule has 0 aliphatic rings. The van der Waals surface area contributed by atoms with Crippen LogP contribution in [0.4, 0.5) is 0 Å². The zero-order valence-corrected chi connectivity index (χ0v) is 13.7. The van der Waals surface area contributed by atoms with E-state index >= 15 is 0 Å². The molecule has 2 aromatic rings. The first kappa shape index (κ1) is 15.1. The second-order valence-electron chi connectivity index (χ2n) is 4.91. The molecule has 5 nitrogen and oxygen atoms in total. The van der Waals surface area contributed by atoms with Crippen LogP contribution < -0.4 is 5.32 Å². The lowest BCUT2D eigenvalue weighted by Gasteiger charge is -2.18. The number of aryl methyl sites for hydroxylation is 2. The number of aromatic nitrogens is 4. The molecular formula is C14H20BrN5. The average molecular weight is 338 g/mol. The quantitative estimate of drug-likeness (QED) is 0.880. The normalized spacial score (nSPS) is 12.6. The van der Waals surface area contributed by atoms with Gasteiger partial charge in [-0.05, 0) is 42.3 Å². The van der Waals surface area contributed by atoms with Gasteiger partial charge in [0.1, 0.15) is 0 Å². The van der Waals surface area contributed by atoms with E-state index in [1.54, 1.807) is 7.05 Å². The van der Waals surface area contributed by atoms with E-state index in [1.165, 1.54) is 15.9 Å². The second-order valence-corrected chi connectivity index (χ2v) is 5.77. The smallest absolute Gasteiger partial charge is 0.176 e. The molecule has 6 heteroatoms. The fourth-order valence-corrected chi connectivity index (χ4v) is 2.44. The minimum Gasteiger partial charge on any atom is -0.310 e. The van der Waals surface area contributed by atoms with E-state index < -0.39 is 0 Å². The fourth-order valence-electron chi connectivity index (χ4n) is 2.04. The maximum absolute atomic E-state index is 4.27. The molecule has 1 aromatic carbocycles. The van der Waals surface area contributed by atoms with Crippen molar-refractivity contribution in [3.63, 3.8) is 0 Å². The van der Waals surface area contributed by atoms with Crippen molar-refractivity contribution in [2.75, 3.05) is 6.54 Å². The van der Waals surface area contributed by atoms with Crippen molar-refractivity contribution in [2.24, 2.45) is 7.05 Å². The molecule has 0 amide bonds. The van der Waals surface area contributed by atoms with Crippen molar-refractivity contribution in [3.05, 3.63) is 39.6 Å². The predicted molar refractivity (Wildman–Crippen MR) is 82.4 cm³/mol. The van der Waals surface area contributed by atoms with Gasteiger partial charge in [-0.1, -0.05) is 35.0 Å². The van der Waals surface area contributed by atoms with Gasteiger partial charge in [0.2, 0.25) is 0 Å². The highest BCUT2D eigenvalue weighted by Gasteiger charge is 2.15. The summed E-state index contributed by atoms with van der Waals surface area (Å²) in [5, 5.41) is 15.8. The van der Waals surface area contributed by atoms with E-state index in [1.807, 2.05) is 0 Å². The van der Waals surface area contributed by atoms with Crippen LogP contribution in [0, 0.1) is 6.92 Å². The fraction of sp³-hybridized carbons (Fsp3) is 0.500. The predicted octanol–water partition coefficient (Wildman–Crippen LogP) is 2.56. The van der Waals surface area contributed by atoms with Gasteiger partial charge in [0.05, 0.1) is 7.05 Å². The van der Waals surface area contributed by atoms with E-state index in [4.69, 9.17) is 0 Å². The summed E-state index contributed by atoms with van der Waals surface area (Å²) in [4.78, 5) is 1.50. The first-order valence-corrected chi connectivity index (χ1v) is 7.61. The summed E-state index contributed by atoms with van der Waals surface area (Å²) in [5.74, 6) is 0.762. The standard InChI is InChI=1S/C14H20BrN5/c1-4-7-16-13(9-14-17-19-20(3)18-14)11-6-5-10(2)12(15)8-11/h5-6,8,13,16H,4,7,9H2,1-3H3. The molecule has 1 unspecified atom stereocenters. The Morgan fingerprint density at radius 3 is 2.80 bits per heavy atom. The van der Waals surface area contributed by atoms with Crippen LogP contribution in [0.5, 0.6) is 0 Å². The third-order valence-electron chi connectivity index (χ3n) is 3.18. The van der Waals surface area contributed by atoms with E-state index in [2.05, 4.69) is 68.7 Å². The van der Waals surface area contributed by atoms with Crippen LogP contribution in [0.1, 0.15) is 36.3 Å². The number of rotatable bonds is 6. The Morgan fingerprint density at radius 2 is 2.20 bits per heavy atom. The Hall–Kier alpha value is -1.27. The van der Waals surface area contributed by atoms with Crippen molar-refractivity contribution in [3.8, 4) is 0 Å². The zero-order valence-electron chi connectivity index (χ0n) is 12.1. The summed E-state index contributed by atoms with van der Waals surface area (Å²) in [6.45, 7) is 5.22. The Bertz CT molecular complexity index is 566. The van der Waals surface area contributed by atoms with Gasteiger partial charge in [-0.2, -0.15) is 4.80 Å². The third-order valence-corrected chi connectivity index (χ3v) is 4.03. The molecule has 0 saturated carbocycles. The Balaban J connectivity index is 2.19. The van der Waals surface area contributed by atoms with Crippen molar-refractivity contribution in [2.45, 2.75) is 32.7 Å². The molecule has 1 N–H and O–H groups in total. The largest absolute Gasteiger partial charge is 0.310 e. The van der Waals surface area contributed by atoms with Gasteiger partial charge >= 0.3 is 0 Å². The molecule has 0 aliphatic heterocycles. The van der Waals surface area contributed by atoms with Crippen LogP contribution in [0.25, 0.3) is 0 Å². The van der Waals surface area contributed by atoms with E-state index in [9.17, 15) is 0 Å². The molecule has 1 heterocycles. The number of nitrogens with zero attached hydrogens (tertiary/aromatic N) is 4. The van der Waals surface area contributed by atoms with E-state index in [0.717, 1.165) is 29.7 Å². The third kappa shape index (κ3) is 3.86. The molecule has 2 rings (SSSR count). The number of halogens is 1. The molecule has 1 atom stereocenters. The van der Waals surface area contributed by atoms with Gasteiger partial charge in [0, 0.05) is 16.9 Å². The highest BCUT2D eigenvalue weighted by Crippen LogP contribution is 2.23. The highest BCUT2D eigenvalue weighted by atomic mass is 79.9. The summed E-state index contributed by atoms with van der Waals surface area (Å²) in [6.07, 6.45) is 1.83. The Labute approximate surface area is 127 Å². The van der Waals surface area contributed by atoms with Crippen molar-refractivity contribution >= 4 is 15.9 Å². The maximum Gasteiger partial charge on any atom is 0.176 e. The Kier molecular flexibility index (Phi) is 5.25. The number of hydrogen-bond donors (Lipinski definition) is 1. The summed E-state index contributed by atoms with van der Waals surface area (Å²) in [7, 11) is 1.79. The highest BCUT2D eigenvalue weighted by molar-refractivity contribution is 9.10. The molecule has 0 aliphatic carbocycles. The molecule has 0 spiro atoms. The van der Waals surface area contributed by atoms with Crippen molar-refractivity contribution < 1.29 is 0 Å². The summed E-state index contributed by atoms with van der Waals surface area (Å²) in [5.41, 5.74) is 2.48. The van der Waals surface area contributed by atoms with Gasteiger partial charge in [-0.25, -0.2) is 0 Å². The lowest BCUT2D eigenvalue weighted by Crippen LogP contribution is -2.24. The molecule has 20 heavy (non-hydrogen) atoms. The number of benzene rings is 1. The topological polar surface area (TPSA) is 55.6 Å². The first-order chi connectivity index (χ1) is 9.60. The minimum absolute atomic E-state index is 0.205. The second kappa shape index (κ2) is 6.95. The molecular weight excluding hydrogens is 318 g/mol. The van der Waals surface area contributed by atoms with Gasteiger partial charge in [0.15, 0.2) is 5.82 Å². The lowest BCUT2D eigenvalue weighted by molar-refractivity contribution is 0.516. The summed E-state index contributed by atoms with van der Waals surface area (Å²) in [6, 6.07) is 6.66. The van der Waals surface area contributed by atoms with Crippen LogP contribution >= 0.6 is 15.9 Å². The molecule has 1 aromatic heterocycles. The van der Waals surface area contributed by atoms with Gasteiger partial charge in [-0.15, -0.1) is 10.2 Å². The SMILES string of the molecule is CCCNC(Cc1nnn(C)n1)c1ccc(C)c(Br)c1. The number of tetrazole rings is 1. The average Bonchev–Trinajstić information content (AvgIpc) is 2.83. The van der Waals surface area contributed by atoms with Crippen LogP contribution in [-0.2, 0) is 13.5 Å². The molecule has 0 radical (unpaired) electrons. The summed E-state index contributed by atoms with van der Waals surface area (Å²) >= 11 is 3.60. The number of hydrogen-bond acceptors (Lipinski definition) is 4. The zero-order chi connectivity index (χ0) is 14.5. The molecule has 108 valence electrons. The lowest BCUT2D eigenvalue weighted by atomic mass is 10.0. The molecule has 0 fully saturated rings. The van der Waals surface area contributed by atoms with Gasteiger partial charge in [-0.3, -0.25) is 0 Å². The summed E-state index contributed by atoms with van der Waals surface area (Å²) < 4.78 is 1.13. The van der Waals surface area contributed by atoms with Crippen molar-refractivity contribution in [1.29, 1.82) is 0 Å². The minimum atomic E-state index is 0.205. The maximum atomic E-state index is 4.27. The van der Waals surface area contributed by atoms with Crippen LogP contribution in [-0.4, -0.2) is 26.8 Å². The Morgan fingerprint density at radius 1 is 1.40 bits per heavy atom. The number of nitrogens with one attached hydrogen (secondary N) is 1. The van der Waals surface area contributed by atoms with Gasteiger partial charge in [0.25, 0.3) is 0 Å². The van der Waals surface area contributed by atoms with E-state index in [-0.39, 0.29) is 6.04 Å². The van der Waals surface area contributed by atoms with E-state index in [0.29, 0.717) is 0 Å². The van der Waals surface area contributed by atoms with Crippen LogP contribution in [0.15, 0.2) is 22.7 Å². The molecule has 0 saturated heterocycles. The van der Waals surface area contributed by atoms with Gasteiger partial charge < -0.3 is 5.32 Å². The first-order valence-electron chi connectivity index (χ1n) is 6.82. The van der Waals surface area contributed by atoms with Crippen molar-refractivity contribution in [1.82, 2.24) is 25.5 Å².